The Bertz CT molecular complexity index is 1000. The number of hydrogen-bond donors (Lipinski definition) is 1. The molecule has 1 N–H and O–H groups in total. The summed E-state index contributed by atoms with van der Waals surface area (Å²) >= 11 is -0.219. The SMILES string of the molecule is Cc1nc(C(OC(=O)N(C(C)C)C(C)C)c2cccc(OC(F)(F)F)c2)n(SF)c1S(C)=N. The van der Waals surface area contributed by atoms with Gasteiger partial charge in [0, 0.05) is 17.6 Å². The van der Waals surface area contributed by atoms with Gasteiger partial charge >= 0.3 is 12.5 Å². The molecule has 0 aliphatic rings. The Morgan fingerprint density at radius 1 is 1.24 bits per heavy atom. The summed E-state index contributed by atoms with van der Waals surface area (Å²) in [5.41, 5.74) is 0.453. The number of imidazole rings is 1. The molecule has 2 aromatic rings. The van der Waals surface area contributed by atoms with Crippen LogP contribution in [0.15, 0.2) is 29.3 Å². The van der Waals surface area contributed by atoms with Gasteiger partial charge in [0.1, 0.15) is 10.8 Å². The van der Waals surface area contributed by atoms with Crippen molar-refractivity contribution in [2.75, 3.05) is 6.26 Å². The second-order valence-electron chi connectivity index (χ2n) is 7.71. The molecule has 0 radical (unpaired) electrons. The lowest BCUT2D eigenvalue weighted by molar-refractivity contribution is -0.274. The quantitative estimate of drug-likeness (QED) is 0.429. The van der Waals surface area contributed by atoms with Crippen molar-refractivity contribution in [2.24, 2.45) is 0 Å². The molecule has 1 aromatic carbocycles. The third-order valence-corrected chi connectivity index (χ3v) is 6.20. The van der Waals surface area contributed by atoms with Crippen molar-refractivity contribution in [3.63, 3.8) is 0 Å². The number of benzene rings is 1. The van der Waals surface area contributed by atoms with Crippen molar-refractivity contribution in [1.29, 1.82) is 4.78 Å². The Labute approximate surface area is 196 Å². The van der Waals surface area contributed by atoms with Gasteiger partial charge in [-0.05, 0) is 53.0 Å². The van der Waals surface area contributed by atoms with Crippen molar-refractivity contribution < 1.29 is 31.3 Å². The van der Waals surface area contributed by atoms with E-state index < -0.39 is 35.0 Å². The molecule has 2 rings (SSSR count). The Hall–Kier alpha value is -2.28. The number of nitrogens with zero attached hydrogens (tertiary/aromatic N) is 3. The summed E-state index contributed by atoms with van der Waals surface area (Å²) in [5.74, 6) is -0.587. The number of carbonyl (C=O) groups is 1. The highest BCUT2D eigenvalue weighted by Gasteiger charge is 2.34. The number of aromatic nitrogens is 2. The Kier molecular flexibility index (Phi) is 8.80. The first kappa shape index (κ1) is 27.0. The Morgan fingerprint density at radius 2 is 1.85 bits per heavy atom. The molecule has 0 saturated heterocycles. The highest BCUT2D eigenvalue weighted by atomic mass is 32.2. The van der Waals surface area contributed by atoms with Crippen molar-refractivity contribution in [2.45, 2.75) is 64.2 Å². The van der Waals surface area contributed by atoms with Gasteiger partial charge in [0.05, 0.1) is 5.69 Å². The lowest BCUT2D eigenvalue weighted by Crippen LogP contribution is -2.43. The van der Waals surface area contributed by atoms with Crippen molar-refractivity contribution in [3.05, 3.63) is 41.3 Å². The smallest absolute Gasteiger partial charge is 0.433 e. The molecule has 0 spiro atoms. The van der Waals surface area contributed by atoms with Gasteiger partial charge < -0.3 is 14.4 Å². The van der Waals surface area contributed by atoms with E-state index in [0.29, 0.717) is 5.69 Å². The average Bonchev–Trinajstić information content (AvgIpc) is 3.00. The zero-order valence-electron chi connectivity index (χ0n) is 18.9. The first-order chi connectivity index (χ1) is 15.3. The molecule has 0 aliphatic heterocycles. The van der Waals surface area contributed by atoms with Gasteiger partial charge in [-0.1, -0.05) is 22.8 Å². The molecule has 1 amide bonds. The lowest BCUT2D eigenvalue weighted by Gasteiger charge is -2.31. The molecule has 0 fully saturated rings. The molecule has 0 bridgehead atoms. The largest absolute Gasteiger partial charge is 0.573 e. The summed E-state index contributed by atoms with van der Waals surface area (Å²) in [6, 6.07) is 4.42. The number of rotatable bonds is 8. The second-order valence-corrected chi connectivity index (χ2v) is 9.62. The van der Waals surface area contributed by atoms with E-state index in [-0.39, 0.29) is 40.8 Å². The summed E-state index contributed by atoms with van der Waals surface area (Å²) in [7, 11) is -1.14. The predicted molar refractivity (Wildman–Crippen MR) is 119 cm³/mol. The zero-order valence-corrected chi connectivity index (χ0v) is 20.6. The predicted octanol–water partition coefficient (Wildman–Crippen LogP) is 6.19. The minimum atomic E-state index is -4.92. The van der Waals surface area contributed by atoms with E-state index in [1.54, 1.807) is 40.9 Å². The molecule has 2 unspecified atom stereocenters. The number of carbonyl (C=O) groups excluding carboxylic acids is 1. The average molecular weight is 511 g/mol. The van der Waals surface area contributed by atoms with Crippen LogP contribution in [0.25, 0.3) is 0 Å². The molecule has 184 valence electrons. The summed E-state index contributed by atoms with van der Waals surface area (Å²) in [6.45, 7) is 8.74. The Balaban J connectivity index is 2.64. The van der Waals surface area contributed by atoms with Crippen molar-refractivity contribution in [1.82, 2.24) is 13.9 Å². The van der Waals surface area contributed by atoms with Crippen LogP contribution in [-0.2, 0) is 15.4 Å². The van der Waals surface area contributed by atoms with Crippen LogP contribution < -0.4 is 4.74 Å². The van der Waals surface area contributed by atoms with E-state index in [9.17, 15) is 21.9 Å². The molecule has 0 saturated carbocycles. The first-order valence-electron chi connectivity index (χ1n) is 9.87. The zero-order chi connectivity index (χ0) is 25.1. The van der Waals surface area contributed by atoms with Crippen LogP contribution in [0.2, 0.25) is 0 Å². The fourth-order valence-electron chi connectivity index (χ4n) is 3.42. The number of amides is 1. The third kappa shape index (κ3) is 6.62. The summed E-state index contributed by atoms with van der Waals surface area (Å²) in [6.07, 6.45) is -5.46. The van der Waals surface area contributed by atoms with Gasteiger partial charge in [-0.25, -0.2) is 13.8 Å². The van der Waals surface area contributed by atoms with Gasteiger partial charge in [-0.3, -0.25) is 4.78 Å². The molecule has 0 aliphatic carbocycles. The minimum Gasteiger partial charge on any atom is -0.433 e. The summed E-state index contributed by atoms with van der Waals surface area (Å²) in [4.78, 5) is 18.8. The standard InChI is InChI=1S/C20H26F4N4O3S2/c1-11(2)27(12(3)4)19(29)30-16(14-8-7-9-15(10-14)31-20(21,22)23)17-26-13(5)18(33(6)25)28(17)32-24/h7-12,16,25H,1-6H3. The maximum atomic E-state index is 14.0. The molecule has 2 atom stereocenters. The van der Waals surface area contributed by atoms with Crippen LogP contribution in [0.1, 0.15) is 50.9 Å². The monoisotopic (exact) mass is 510 g/mol. The number of nitrogens with one attached hydrogen (secondary N) is 1. The van der Waals surface area contributed by atoms with Gasteiger partial charge in [-0.2, -0.15) is 0 Å². The highest BCUT2D eigenvalue weighted by Crippen LogP contribution is 2.35. The summed E-state index contributed by atoms with van der Waals surface area (Å²) < 4.78 is 71.0. The van der Waals surface area contributed by atoms with Crippen molar-refractivity contribution in [3.8, 4) is 5.75 Å². The lowest BCUT2D eigenvalue weighted by atomic mass is 10.1. The van der Waals surface area contributed by atoms with Crippen LogP contribution >= 0.6 is 12.3 Å². The topological polar surface area (TPSA) is 80.4 Å². The van der Waals surface area contributed by atoms with E-state index in [1.165, 1.54) is 17.0 Å². The molecular weight excluding hydrogens is 484 g/mol. The van der Waals surface area contributed by atoms with Crippen LogP contribution in [0.5, 0.6) is 5.75 Å². The number of halogens is 4. The number of ether oxygens (including phenoxy) is 2. The van der Waals surface area contributed by atoms with E-state index in [1.807, 2.05) is 0 Å². The van der Waals surface area contributed by atoms with Crippen LogP contribution in [-0.4, -0.2) is 44.7 Å². The number of aryl methyl sites for hydroxylation is 1. The van der Waals surface area contributed by atoms with Gasteiger partial charge in [0.25, 0.3) is 0 Å². The molecule has 13 heteroatoms. The van der Waals surface area contributed by atoms with Gasteiger partial charge in [-0.15, -0.1) is 17.1 Å². The van der Waals surface area contributed by atoms with Crippen molar-refractivity contribution >= 4 is 29.1 Å². The molecule has 33 heavy (non-hydrogen) atoms. The maximum absolute atomic E-state index is 14.0. The normalized spacial score (nSPS) is 13.8. The highest BCUT2D eigenvalue weighted by molar-refractivity contribution is 7.93. The van der Waals surface area contributed by atoms with E-state index >= 15 is 0 Å². The molecular formula is C20H26F4N4O3S2. The maximum Gasteiger partial charge on any atom is 0.573 e. The Morgan fingerprint density at radius 3 is 2.33 bits per heavy atom. The first-order valence-corrected chi connectivity index (χ1v) is 12.2. The molecule has 7 nitrogen and oxygen atoms in total. The fraction of sp³-hybridized carbons (Fsp3) is 0.500. The molecule has 1 aromatic heterocycles. The van der Waals surface area contributed by atoms with Gasteiger partial charge in [0.2, 0.25) is 0 Å². The third-order valence-electron chi connectivity index (χ3n) is 4.51. The number of alkyl halides is 3. The van der Waals surface area contributed by atoms with E-state index in [4.69, 9.17) is 9.52 Å². The number of hydrogen-bond acceptors (Lipinski definition) is 6. The minimum absolute atomic E-state index is 0.0634. The summed E-state index contributed by atoms with van der Waals surface area (Å²) in [5, 5.41) is 0.269. The van der Waals surface area contributed by atoms with Crippen LogP contribution in [0.4, 0.5) is 21.9 Å². The van der Waals surface area contributed by atoms with Gasteiger partial charge in [0.15, 0.2) is 24.3 Å². The molecule has 1 heterocycles. The van der Waals surface area contributed by atoms with Crippen LogP contribution in [0, 0.1) is 11.7 Å². The second kappa shape index (κ2) is 10.8. The van der Waals surface area contributed by atoms with E-state index in [0.717, 1.165) is 16.1 Å². The fourth-order valence-corrected chi connectivity index (χ4v) is 5.07. The van der Waals surface area contributed by atoms with E-state index in [2.05, 4.69) is 9.72 Å². The van der Waals surface area contributed by atoms with Crippen LogP contribution in [0.3, 0.4) is 0 Å².